The van der Waals surface area contributed by atoms with Crippen LogP contribution in [-0.4, -0.2) is 22.4 Å². The summed E-state index contributed by atoms with van der Waals surface area (Å²) in [6.45, 7) is 2.07. The summed E-state index contributed by atoms with van der Waals surface area (Å²) in [4.78, 5) is 0. The largest absolute Gasteiger partial charge is 0.393 e. The number of hydrogen-bond donors (Lipinski definition) is 2. The monoisotopic (exact) mass is 144 g/mol. The van der Waals surface area contributed by atoms with Gasteiger partial charge in [0.2, 0.25) is 0 Å². The SMILES string of the molecule is CCC1CCC(O)(CO)C1. The quantitative estimate of drug-likeness (QED) is 0.605. The summed E-state index contributed by atoms with van der Waals surface area (Å²) in [6, 6.07) is 0. The highest BCUT2D eigenvalue weighted by Gasteiger charge is 2.35. The molecule has 2 N–H and O–H groups in total. The third-order valence-corrected chi connectivity index (χ3v) is 2.56. The van der Waals surface area contributed by atoms with Gasteiger partial charge in [0.1, 0.15) is 0 Å². The molecule has 0 heterocycles. The van der Waals surface area contributed by atoms with Gasteiger partial charge in [0.15, 0.2) is 0 Å². The second-order valence-electron chi connectivity index (χ2n) is 3.40. The van der Waals surface area contributed by atoms with E-state index in [-0.39, 0.29) is 6.61 Å². The van der Waals surface area contributed by atoms with E-state index in [1.54, 1.807) is 0 Å². The fourth-order valence-electron chi connectivity index (χ4n) is 1.71. The zero-order valence-electron chi connectivity index (χ0n) is 6.51. The summed E-state index contributed by atoms with van der Waals surface area (Å²) in [5, 5.41) is 18.3. The molecule has 2 nitrogen and oxygen atoms in total. The average molecular weight is 144 g/mol. The fraction of sp³-hybridized carbons (Fsp3) is 1.00. The maximum atomic E-state index is 9.55. The van der Waals surface area contributed by atoms with Crippen molar-refractivity contribution in [3.8, 4) is 0 Å². The van der Waals surface area contributed by atoms with Crippen LogP contribution in [0.1, 0.15) is 32.6 Å². The first kappa shape index (κ1) is 8.02. The maximum absolute atomic E-state index is 9.55. The Balaban J connectivity index is 2.41. The maximum Gasteiger partial charge on any atom is 0.0880 e. The van der Waals surface area contributed by atoms with E-state index in [0.717, 1.165) is 25.7 Å². The molecule has 0 radical (unpaired) electrons. The molecule has 0 aromatic rings. The Bertz CT molecular complexity index is 114. The van der Waals surface area contributed by atoms with Gasteiger partial charge in [0, 0.05) is 0 Å². The van der Waals surface area contributed by atoms with Crippen LogP contribution in [0.5, 0.6) is 0 Å². The molecule has 1 fully saturated rings. The van der Waals surface area contributed by atoms with E-state index in [4.69, 9.17) is 5.11 Å². The number of rotatable bonds is 2. The molecule has 10 heavy (non-hydrogen) atoms. The number of aliphatic hydroxyl groups excluding tert-OH is 1. The molecule has 0 aromatic heterocycles. The lowest BCUT2D eigenvalue weighted by Crippen LogP contribution is -2.29. The lowest BCUT2D eigenvalue weighted by molar-refractivity contribution is -0.0113. The van der Waals surface area contributed by atoms with Crippen molar-refractivity contribution in [3.05, 3.63) is 0 Å². The summed E-state index contributed by atoms with van der Waals surface area (Å²) in [5.74, 6) is 0.636. The smallest absolute Gasteiger partial charge is 0.0880 e. The van der Waals surface area contributed by atoms with Crippen molar-refractivity contribution in [1.29, 1.82) is 0 Å². The van der Waals surface area contributed by atoms with E-state index >= 15 is 0 Å². The Labute approximate surface area is 61.9 Å². The summed E-state index contributed by atoms with van der Waals surface area (Å²) < 4.78 is 0. The molecule has 1 saturated carbocycles. The van der Waals surface area contributed by atoms with Crippen molar-refractivity contribution in [2.45, 2.75) is 38.2 Å². The third-order valence-electron chi connectivity index (χ3n) is 2.56. The second kappa shape index (κ2) is 2.89. The minimum Gasteiger partial charge on any atom is -0.393 e. The highest BCUT2D eigenvalue weighted by Crippen LogP contribution is 2.35. The molecule has 2 heteroatoms. The van der Waals surface area contributed by atoms with Gasteiger partial charge >= 0.3 is 0 Å². The summed E-state index contributed by atoms with van der Waals surface area (Å²) >= 11 is 0. The molecule has 2 unspecified atom stereocenters. The van der Waals surface area contributed by atoms with Crippen LogP contribution in [0, 0.1) is 5.92 Å². The highest BCUT2D eigenvalue weighted by atomic mass is 16.3. The van der Waals surface area contributed by atoms with Crippen LogP contribution in [0.25, 0.3) is 0 Å². The van der Waals surface area contributed by atoms with E-state index in [0.29, 0.717) is 5.92 Å². The Morgan fingerprint density at radius 1 is 1.60 bits per heavy atom. The Kier molecular flexibility index (Phi) is 2.32. The molecular formula is C8H16O2. The second-order valence-corrected chi connectivity index (χ2v) is 3.40. The molecule has 0 amide bonds. The Morgan fingerprint density at radius 2 is 2.30 bits per heavy atom. The molecule has 0 bridgehead atoms. The van der Waals surface area contributed by atoms with Crippen LogP contribution >= 0.6 is 0 Å². The van der Waals surface area contributed by atoms with Crippen LogP contribution in [0.4, 0.5) is 0 Å². The van der Waals surface area contributed by atoms with Crippen molar-refractivity contribution in [1.82, 2.24) is 0 Å². The standard InChI is InChI=1S/C8H16O2/c1-2-7-3-4-8(10,5-7)6-9/h7,9-10H,2-6H2,1H3. The lowest BCUT2D eigenvalue weighted by atomic mass is 10.0. The van der Waals surface area contributed by atoms with Gasteiger partial charge < -0.3 is 10.2 Å². The molecule has 2 atom stereocenters. The van der Waals surface area contributed by atoms with Crippen LogP contribution in [-0.2, 0) is 0 Å². The van der Waals surface area contributed by atoms with Crippen molar-refractivity contribution in [2.75, 3.05) is 6.61 Å². The van der Waals surface area contributed by atoms with E-state index in [1.807, 2.05) is 0 Å². The predicted molar refractivity (Wildman–Crippen MR) is 39.7 cm³/mol. The molecule has 60 valence electrons. The van der Waals surface area contributed by atoms with Crippen LogP contribution in [0.2, 0.25) is 0 Å². The van der Waals surface area contributed by atoms with Gasteiger partial charge in [-0.25, -0.2) is 0 Å². The van der Waals surface area contributed by atoms with Crippen LogP contribution < -0.4 is 0 Å². The number of hydrogen-bond acceptors (Lipinski definition) is 2. The molecule has 0 saturated heterocycles. The van der Waals surface area contributed by atoms with Crippen LogP contribution in [0.15, 0.2) is 0 Å². The first-order valence-corrected chi connectivity index (χ1v) is 4.03. The van der Waals surface area contributed by atoms with E-state index < -0.39 is 5.60 Å². The Morgan fingerprint density at radius 3 is 2.60 bits per heavy atom. The summed E-state index contributed by atoms with van der Waals surface area (Å²) in [6.07, 6.45) is 3.78. The van der Waals surface area contributed by atoms with Gasteiger partial charge in [-0.3, -0.25) is 0 Å². The minimum atomic E-state index is -0.735. The van der Waals surface area contributed by atoms with Gasteiger partial charge in [0.05, 0.1) is 12.2 Å². The van der Waals surface area contributed by atoms with Gasteiger partial charge in [-0.05, 0) is 25.2 Å². The normalized spacial score (nSPS) is 40.5. The summed E-state index contributed by atoms with van der Waals surface area (Å²) in [7, 11) is 0. The zero-order chi connectivity index (χ0) is 7.61. The predicted octanol–water partition coefficient (Wildman–Crippen LogP) is 0.920. The van der Waals surface area contributed by atoms with E-state index in [9.17, 15) is 5.11 Å². The van der Waals surface area contributed by atoms with Crippen LogP contribution in [0.3, 0.4) is 0 Å². The average Bonchev–Trinajstić information content (AvgIpc) is 2.33. The van der Waals surface area contributed by atoms with Crippen molar-refractivity contribution < 1.29 is 10.2 Å². The number of aliphatic hydroxyl groups is 2. The fourth-order valence-corrected chi connectivity index (χ4v) is 1.71. The van der Waals surface area contributed by atoms with Crippen molar-refractivity contribution >= 4 is 0 Å². The van der Waals surface area contributed by atoms with Gasteiger partial charge in [0.25, 0.3) is 0 Å². The first-order valence-electron chi connectivity index (χ1n) is 4.03. The molecular weight excluding hydrogens is 128 g/mol. The van der Waals surface area contributed by atoms with E-state index in [1.165, 1.54) is 0 Å². The first-order chi connectivity index (χ1) is 4.70. The molecule has 1 aliphatic rings. The lowest BCUT2D eigenvalue weighted by Gasteiger charge is -2.18. The highest BCUT2D eigenvalue weighted by molar-refractivity contribution is 4.87. The molecule has 0 aliphatic heterocycles. The van der Waals surface area contributed by atoms with Crippen molar-refractivity contribution in [2.24, 2.45) is 5.92 Å². The topological polar surface area (TPSA) is 40.5 Å². The van der Waals surface area contributed by atoms with Gasteiger partial charge in [-0.2, -0.15) is 0 Å². The minimum absolute atomic E-state index is 0.0660. The summed E-state index contributed by atoms with van der Waals surface area (Å²) in [5.41, 5.74) is -0.735. The molecule has 0 aromatic carbocycles. The molecule has 1 rings (SSSR count). The molecule has 1 aliphatic carbocycles. The Hall–Kier alpha value is -0.0800. The third kappa shape index (κ3) is 1.50. The zero-order valence-corrected chi connectivity index (χ0v) is 6.51. The van der Waals surface area contributed by atoms with E-state index in [2.05, 4.69) is 6.92 Å². The van der Waals surface area contributed by atoms with Crippen molar-refractivity contribution in [3.63, 3.8) is 0 Å². The van der Waals surface area contributed by atoms with Gasteiger partial charge in [-0.15, -0.1) is 0 Å². The van der Waals surface area contributed by atoms with Gasteiger partial charge in [-0.1, -0.05) is 13.3 Å². The molecule has 0 spiro atoms.